The first-order valence-electron chi connectivity index (χ1n) is 9.73. The molecule has 0 unspecified atom stereocenters. The quantitative estimate of drug-likeness (QED) is 0.372. The third-order valence-electron chi connectivity index (χ3n) is 4.66. The van der Waals surface area contributed by atoms with Crippen molar-refractivity contribution in [2.24, 2.45) is 0 Å². The van der Waals surface area contributed by atoms with Crippen LogP contribution in [0.2, 0.25) is 5.02 Å². The Kier molecular flexibility index (Phi) is 8.01. The Bertz CT molecular complexity index is 990. The number of imide groups is 1. The molecule has 1 heterocycles. The van der Waals surface area contributed by atoms with Gasteiger partial charge in [-0.25, -0.2) is 0 Å². The number of hydrogen-bond acceptors (Lipinski definition) is 6. The molecule has 8 heteroatoms. The van der Waals surface area contributed by atoms with E-state index in [2.05, 4.69) is 0 Å². The van der Waals surface area contributed by atoms with Crippen molar-refractivity contribution in [1.82, 2.24) is 4.90 Å². The van der Waals surface area contributed by atoms with Crippen molar-refractivity contribution >= 4 is 40.6 Å². The van der Waals surface area contributed by atoms with Gasteiger partial charge in [-0.1, -0.05) is 41.4 Å². The zero-order valence-electron chi connectivity index (χ0n) is 17.6. The van der Waals surface area contributed by atoms with Gasteiger partial charge in [0.1, 0.15) is 6.61 Å². The summed E-state index contributed by atoms with van der Waals surface area (Å²) in [6.45, 7) is 3.18. The van der Waals surface area contributed by atoms with E-state index in [4.69, 9.17) is 25.8 Å². The fraction of sp³-hybridized carbons (Fsp3) is 0.304. The summed E-state index contributed by atoms with van der Waals surface area (Å²) < 4.78 is 16.3. The van der Waals surface area contributed by atoms with Crippen LogP contribution >= 0.6 is 23.4 Å². The van der Waals surface area contributed by atoms with Crippen LogP contribution in [-0.4, -0.2) is 43.4 Å². The molecule has 0 spiro atoms. The van der Waals surface area contributed by atoms with E-state index in [9.17, 15) is 9.59 Å². The zero-order chi connectivity index (χ0) is 22.4. The zero-order valence-corrected chi connectivity index (χ0v) is 19.2. The van der Waals surface area contributed by atoms with Crippen molar-refractivity contribution in [1.29, 1.82) is 0 Å². The third kappa shape index (κ3) is 5.81. The molecule has 2 amide bonds. The minimum absolute atomic E-state index is 0.288. The second kappa shape index (κ2) is 10.7. The van der Waals surface area contributed by atoms with Crippen LogP contribution in [0.5, 0.6) is 11.5 Å². The fourth-order valence-corrected chi connectivity index (χ4v) is 4.15. The van der Waals surface area contributed by atoms with E-state index >= 15 is 0 Å². The lowest BCUT2D eigenvalue weighted by Crippen LogP contribution is -2.29. The molecule has 3 rings (SSSR count). The summed E-state index contributed by atoms with van der Waals surface area (Å²) in [6.07, 6.45) is 2.23. The smallest absolute Gasteiger partial charge is 0.293 e. The molecule has 0 radical (unpaired) electrons. The van der Waals surface area contributed by atoms with Gasteiger partial charge in [0, 0.05) is 20.3 Å². The van der Waals surface area contributed by atoms with Gasteiger partial charge in [-0.2, -0.15) is 0 Å². The number of aryl methyl sites for hydroxylation is 1. The van der Waals surface area contributed by atoms with Crippen LogP contribution in [0, 0.1) is 6.92 Å². The number of hydrogen-bond donors (Lipinski definition) is 0. The number of halogens is 1. The SMILES string of the molecule is COCCCN1C(=O)S/C(=C/c2cc(Cl)c(OCc3ccc(C)cc3)c(OC)c2)C1=O. The lowest BCUT2D eigenvalue weighted by molar-refractivity contribution is -0.122. The summed E-state index contributed by atoms with van der Waals surface area (Å²) in [5.74, 6) is 0.556. The van der Waals surface area contributed by atoms with Crippen LogP contribution in [0.4, 0.5) is 4.79 Å². The summed E-state index contributed by atoms with van der Waals surface area (Å²) in [7, 11) is 3.11. The number of thioether (sulfide) groups is 1. The maximum absolute atomic E-state index is 12.6. The van der Waals surface area contributed by atoms with E-state index in [1.54, 1.807) is 25.3 Å². The molecule has 2 aromatic carbocycles. The van der Waals surface area contributed by atoms with Gasteiger partial charge in [-0.15, -0.1) is 0 Å². The summed E-state index contributed by atoms with van der Waals surface area (Å²) >= 11 is 7.36. The second-order valence-corrected chi connectivity index (χ2v) is 8.39. The largest absolute Gasteiger partial charge is 0.493 e. The molecule has 1 saturated heterocycles. The summed E-state index contributed by atoms with van der Waals surface area (Å²) in [5.41, 5.74) is 2.83. The van der Waals surface area contributed by atoms with Gasteiger partial charge in [-0.05, 0) is 54.4 Å². The molecule has 0 aromatic heterocycles. The molecule has 0 atom stereocenters. The normalized spacial score (nSPS) is 15.1. The fourth-order valence-electron chi connectivity index (χ4n) is 3.01. The summed E-state index contributed by atoms with van der Waals surface area (Å²) in [4.78, 5) is 26.3. The van der Waals surface area contributed by atoms with Gasteiger partial charge in [0.2, 0.25) is 0 Å². The number of nitrogens with zero attached hydrogens (tertiary/aromatic N) is 1. The standard InChI is InChI=1S/C23H24ClNO5S/c1-15-5-7-16(8-6-15)14-30-21-18(24)11-17(12-19(21)29-3)13-20-22(26)25(23(27)31-20)9-4-10-28-2/h5-8,11-13H,4,9-10,14H2,1-3H3/b20-13+. The van der Waals surface area contributed by atoms with Gasteiger partial charge in [0.15, 0.2) is 11.5 Å². The Morgan fingerprint density at radius 3 is 2.55 bits per heavy atom. The van der Waals surface area contributed by atoms with Crippen LogP contribution in [0.3, 0.4) is 0 Å². The molecule has 31 heavy (non-hydrogen) atoms. The van der Waals surface area contributed by atoms with E-state index < -0.39 is 0 Å². The molecule has 2 aromatic rings. The van der Waals surface area contributed by atoms with Gasteiger partial charge < -0.3 is 14.2 Å². The first-order chi connectivity index (χ1) is 14.9. The Morgan fingerprint density at radius 1 is 1.13 bits per heavy atom. The van der Waals surface area contributed by atoms with Crippen LogP contribution in [0.1, 0.15) is 23.1 Å². The van der Waals surface area contributed by atoms with Crippen molar-refractivity contribution in [3.8, 4) is 11.5 Å². The van der Waals surface area contributed by atoms with Crippen molar-refractivity contribution in [2.75, 3.05) is 27.4 Å². The van der Waals surface area contributed by atoms with Crippen molar-refractivity contribution < 1.29 is 23.8 Å². The number of carbonyl (C=O) groups excluding carboxylic acids is 2. The highest BCUT2D eigenvalue weighted by atomic mass is 35.5. The minimum Gasteiger partial charge on any atom is -0.493 e. The van der Waals surface area contributed by atoms with E-state index in [-0.39, 0.29) is 11.1 Å². The summed E-state index contributed by atoms with van der Waals surface area (Å²) in [5, 5.41) is 0.0699. The maximum atomic E-state index is 12.6. The topological polar surface area (TPSA) is 65.1 Å². The molecular weight excluding hydrogens is 438 g/mol. The second-order valence-electron chi connectivity index (χ2n) is 6.99. The van der Waals surface area contributed by atoms with Crippen molar-refractivity contribution in [3.05, 3.63) is 63.0 Å². The number of methoxy groups -OCH3 is 2. The highest BCUT2D eigenvalue weighted by Gasteiger charge is 2.34. The highest BCUT2D eigenvalue weighted by Crippen LogP contribution is 2.39. The van der Waals surface area contributed by atoms with Gasteiger partial charge in [-0.3, -0.25) is 14.5 Å². The third-order valence-corrected chi connectivity index (χ3v) is 5.85. The molecule has 6 nitrogen and oxygen atoms in total. The Balaban J connectivity index is 1.77. The molecule has 1 aliphatic rings. The van der Waals surface area contributed by atoms with Crippen LogP contribution < -0.4 is 9.47 Å². The van der Waals surface area contributed by atoms with Gasteiger partial charge in [0.25, 0.3) is 11.1 Å². The van der Waals surface area contributed by atoms with Crippen LogP contribution in [0.15, 0.2) is 41.3 Å². The molecular formula is C23H24ClNO5S. The molecule has 0 saturated carbocycles. The average Bonchev–Trinajstić information content (AvgIpc) is 3.01. The first kappa shape index (κ1) is 23.2. The monoisotopic (exact) mass is 461 g/mol. The molecule has 0 aliphatic carbocycles. The van der Waals surface area contributed by atoms with E-state index in [1.165, 1.54) is 17.6 Å². The van der Waals surface area contributed by atoms with Crippen LogP contribution in [-0.2, 0) is 16.1 Å². The van der Waals surface area contributed by atoms with E-state index in [0.29, 0.717) is 53.2 Å². The Morgan fingerprint density at radius 2 is 1.87 bits per heavy atom. The lowest BCUT2D eigenvalue weighted by Gasteiger charge is -2.14. The number of ether oxygens (including phenoxy) is 3. The summed E-state index contributed by atoms with van der Waals surface area (Å²) in [6, 6.07) is 11.4. The highest BCUT2D eigenvalue weighted by molar-refractivity contribution is 8.18. The minimum atomic E-state index is -0.319. The first-order valence-corrected chi connectivity index (χ1v) is 10.9. The van der Waals surface area contributed by atoms with Crippen molar-refractivity contribution in [3.63, 3.8) is 0 Å². The number of carbonyl (C=O) groups is 2. The predicted molar refractivity (Wildman–Crippen MR) is 123 cm³/mol. The van der Waals surface area contributed by atoms with E-state index in [0.717, 1.165) is 17.3 Å². The molecule has 0 bridgehead atoms. The lowest BCUT2D eigenvalue weighted by atomic mass is 10.1. The average molecular weight is 462 g/mol. The van der Waals surface area contributed by atoms with Gasteiger partial charge in [0.05, 0.1) is 17.0 Å². The molecule has 1 fully saturated rings. The Labute approximate surface area is 191 Å². The Hall–Kier alpha value is -2.48. The maximum Gasteiger partial charge on any atom is 0.293 e. The predicted octanol–water partition coefficient (Wildman–Crippen LogP) is 5.31. The number of amides is 2. The van der Waals surface area contributed by atoms with E-state index in [1.807, 2.05) is 31.2 Å². The van der Waals surface area contributed by atoms with Crippen molar-refractivity contribution in [2.45, 2.75) is 20.0 Å². The molecule has 1 aliphatic heterocycles. The number of benzene rings is 2. The molecule has 0 N–H and O–H groups in total. The van der Waals surface area contributed by atoms with Crippen LogP contribution in [0.25, 0.3) is 6.08 Å². The number of rotatable bonds is 9. The van der Waals surface area contributed by atoms with Gasteiger partial charge >= 0.3 is 0 Å². The molecule has 164 valence electrons.